The zero-order chi connectivity index (χ0) is 16.2. The van der Waals surface area contributed by atoms with E-state index in [0.29, 0.717) is 5.56 Å². The van der Waals surface area contributed by atoms with Gasteiger partial charge in [0.1, 0.15) is 0 Å². The van der Waals surface area contributed by atoms with E-state index in [2.05, 4.69) is 31.9 Å². The predicted molar refractivity (Wildman–Crippen MR) is 88.8 cm³/mol. The molecule has 1 heterocycles. The Labute approximate surface area is 142 Å². The highest BCUT2D eigenvalue weighted by Gasteiger charge is 2.22. The van der Waals surface area contributed by atoms with Crippen LogP contribution in [0.25, 0.3) is 5.69 Å². The molecule has 120 valence electrons. The van der Waals surface area contributed by atoms with Crippen LogP contribution in [-0.4, -0.2) is 21.6 Å². The molecule has 1 aliphatic rings. The fraction of sp³-hybridized carbons (Fsp3) is 0.312. The average Bonchev–Trinajstić information content (AvgIpc) is 3.24. The van der Waals surface area contributed by atoms with Crippen molar-refractivity contribution in [2.75, 3.05) is 0 Å². The molecule has 2 amide bonds. The third kappa shape index (κ3) is 3.79. The van der Waals surface area contributed by atoms with Crippen LogP contribution in [0.2, 0.25) is 0 Å². The van der Waals surface area contributed by atoms with E-state index in [1.165, 1.54) is 0 Å². The van der Waals surface area contributed by atoms with Gasteiger partial charge in [-0.1, -0.05) is 12.8 Å². The summed E-state index contributed by atoms with van der Waals surface area (Å²) in [6.45, 7) is 0. The maximum atomic E-state index is 12.1. The van der Waals surface area contributed by atoms with Crippen LogP contribution in [0.3, 0.4) is 0 Å². The molecular weight excluding hydrogens is 360 g/mol. The molecule has 1 aromatic carbocycles. The van der Waals surface area contributed by atoms with Crippen LogP contribution in [0, 0.1) is 5.92 Å². The monoisotopic (exact) mass is 376 g/mol. The van der Waals surface area contributed by atoms with Crippen LogP contribution in [0.4, 0.5) is 0 Å². The Bertz CT molecular complexity index is 705. The number of rotatable bonds is 3. The largest absolute Gasteiger partial charge is 0.273 e. The first-order valence-electron chi connectivity index (χ1n) is 7.54. The van der Waals surface area contributed by atoms with Gasteiger partial charge in [0.15, 0.2) is 0 Å². The van der Waals surface area contributed by atoms with Gasteiger partial charge in [-0.3, -0.25) is 20.4 Å². The molecular formula is C16H17BrN4O2. The van der Waals surface area contributed by atoms with Crippen molar-refractivity contribution in [1.29, 1.82) is 0 Å². The molecule has 1 fully saturated rings. The topological polar surface area (TPSA) is 76.0 Å². The number of halogens is 1. The summed E-state index contributed by atoms with van der Waals surface area (Å²) in [6.07, 6.45) is 7.48. The van der Waals surface area contributed by atoms with Gasteiger partial charge in [-0.2, -0.15) is 5.10 Å². The Morgan fingerprint density at radius 2 is 1.83 bits per heavy atom. The summed E-state index contributed by atoms with van der Waals surface area (Å²) in [5, 5.41) is 4.18. The Balaban J connectivity index is 1.58. The Kier molecular flexibility index (Phi) is 4.76. The van der Waals surface area contributed by atoms with Crippen molar-refractivity contribution >= 4 is 27.7 Å². The average molecular weight is 377 g/mol. The summed E-state index contributed by atoms with van der Waals surface area (Å²) in [5.74, 6) is -0.408. The highest BCUT2D eigenvalue weighted by atomic mass is 79.9. The number of benzene rings is 1. The van der Waals surface area contributed by atoms with Gasteiger partial charge in [0.05, 0.1) is 16.4 Å². The molecule has 0 spiro atoms. The number of hydrazine groups is 1. The highest BCUT2D eigenvalue weighted by molar-refractivity contribution is 9.10. The summed E-state index contributed by atoms with van der Waals surface area (Å²) < 4.78 is 2.59. The third-order valence-corrected chi connectivity index (χ3v) is 4.38. The molecule has 0 atom stereocenters. The maximum Gasteiger partial charge on any atom is 0.269 e. The summed E-state index contributed by atoms with van der Waals surface area (Å²) in [6, 6.07) is 6.99. The van der Waals surface area contributed by atoms with Crippen molar-refractivity contribution < 1.29 is 9.59 Å². The number of hydrogen-bond acceptors (Lipinski definition) is 3. The number of amides is 2. The van der Waals surface area contributed by atoms with Crippen molar-refractivity contribution in [2.24, 2.45) is 5.92 Å². The first-order chi connectivity index (χ1) is 11.1. The van der Waals surface area contributed by atoms with E-state index < -0.39 is 0 Å². The van der Waals surface area contributed by atoms with E-state index in [0.717, 1.165) is 35.8 Å². The number of aromatic nitrogens is 2. The van der Waals surface area contributed by atoms with Crippen molar-refractivity contribution in [3.63, 3.8) is 0 Å². The molecule has 3 rings (SSSR count). The molecule has 6 nitrogen and oxygen atoms in total. The van der Waals surface area contributed by atoms with E-state index in [4.69, 9.17) is 0 Å². The molecule has 0 unspecified atom stereocenters. The number of nitrogens with one attached hydrogen (secondary N) is 2. The van der Waals surface area contributed by atoms with Crippen molar-refractivity contribution in [3.05, 3.63) is 46.7 Å². The standard InChI is InChI=1S/C16H17BrN4O2/c17-13-9-18-21(10-13)14-7-5-12(6-8-14)16(23)20-19-15(22)11-3-1-2-4-11/h5-11H,1-4H2,(H,19,22)(H,20,23). The second kappa shape index (κ2) is 6.95. The number of carbonyl (C=O) groups is 2. The van der Waals surface area contributed by atoms with Gasteiger partial charge < -0.3 is 0 Å². The smallest absolute Gasteiger partial charge is 0.269 e. The predicted octanol–water partition coefficient (Wildman–Crippen LogP) is 2.59. The molecule has 7 heteroatoms. The van der Waals surface area contributed by atoms with Crippen molar-refractivity contribution in [2.45, 2.75) is 25.7 Å². The molecule has 2 N–H and O–H groups in total. The molecule has 23 heavy (non-hydrogen) atoms. The number of carbonyl (C=O) groups excluding carboxylic acids is 2. The molecule has 1 aliphatic carbocycles. The van der Waals surface area contributed by atoms with E-state index in [1.54, 1.807) is 35.1 Å². The lowest BCUT2D eigenvalue weighted by atomic mass is 10.1. The number of hydrogen-bond donors (Lipinski definition) is 2. The summed E-state index contributed by atoms with van der Waals surface area (Å²) in [5.41, 5.74) is 6.31. The lowest BCUT2D eigenvalue weighted by Gasteiger charge is -2.11. The molecule has 0 radical (unpaired) electrons. The van der Waals surface area contributed by atoms with E-state index in [1.807, 2.05) is 6.20 Å². The normalized spacial score (nSPS) is 14.7. The lowest BCUT2D eigenvalue weighted by Crippen LogP contribution is -2.44. The van der Waals surface area contributed by atoms with Gasteiger partial charge in [0, 0.05) is 17.7 Å². The van der Waals surface area contributed by atoms with Gasteiger partial charge in [-0.05, 0) is 53.0 Å². The maximum absolute atomic E-state index is 12.1. The quantitative estimate of drug-likeness (QED) is 0.808. The van der Waals surface area contributed by atoms with Crippen LogP contribution in [0.1, 0.15) is 36.0 Å². The molecule has 1 saturated carbocycles. The van der Waals surface area contributed by atoms with Gasteiger partial charge >= 0.3 is 0 Å². The first kappa shape index (κ1) is 15.7. The van der Waals surface area contributed by atoms with Crippen molar-refractivity contribution in [3.8, 4) is 5.69 Å². The van der Waals surface area contributed by atoms with Gasteiger partial charge in [0.25, 0.3) is 5.91 Å². The van der Waals surface area contributed by atoms with Crippen LogP contribution >= 0.6 is 15.9 Å². The van der Waals surface area contributed by atoms with Gasteiger partial charge in [-0.25, -0.2) is 4.68 Å². The lowest BCUT2D eigenvalue weighted by molar-refractivity contribution is -0.125. The van der Waals surface area contributed by atoms with Crippen LogP contribution < -0.4 is 10.9 Å². The fourth-order valence-electron chi connectivity index (χ4n) is 2.69. The molecule has 0 saturated heterocycles. The van der Waals surface area contributed by atoms with Crippen LogP contribution in [0.5, 0.6) is 0 Å². The second-order valence-corrected chi connectivity index (χ2v) is 6.49. The van der Waals surface area contributed by atoms with Gasteiger partial charge in [-0.15, -0.1) is 0 Å². The fourth-order valence-corrected chi connectivity index (χ4v) is 2.97. The Morgan fingerprint density at radius 1 is 1.13 bits per heavy atom. The summed E-state index contributed by atoms with van der Waals surface area (Å²) in [7, 11) is 0. The Morgan fingerprint density at radius 3 is 2.43 bits per heavy atom. The van der Waals surface area contributed by atoms with Crippen LogP contribution in [-0.2, 0) is 4.79 Å². The van der Waals surface area contributed by atoms with Crippen LogP contribution in [0.15, 0.2) is 41.1 Å². The van der Waals surface area contributed by atoms with E-state index in [9.17, 15) is 9.59 Å². The molecule has 0 bridgehead atoms. The molecule has 1 aromatic heterocycles. The summed E-state index contributed by atoms with van der Waals surface area (Å²) in [4.78, 5) is 23.9. The van der Waals surface area contributed by atoms with E-state index in [-0.39, 0.29) is 17.7 Å². The second-order valence-electron chi connectivity index (χ2n) is 5.57. The van der Waals surface area contributed by atoms with E-state index >= 15 is 0 Å². The minimum atomic E-state index is -0.329. The zero-order valence-corrected chi connectivity index (χ0v) is 14.0. The minimum Gasteiger partial charge on any atom is -0.273 e. The van der Waals surface area contributed by atoms with Crippen molar-refractivity contribution in [1.82, 2.24) is 20.6 Å². The molecule has 2 aromatic rings. The first-order valence-corrected chi connectivity index (χ1v) is 8.33. The highest BCUT2D eigenvalue weighted by Crippen LogP contribution is 2.24. The minimum absolute atomic E-state index is 0.0240. The summed E-state index contributed by atoms with van der Waals surface area (Å²) >= 11 is 3.34. The zero-order valence-electron chi connectivity index (χ0n) is 12.5. The SMILES string of the molecule is O=C(NNC(=O)C1CCCC1)c1ccc(-n2cc(Br)cn2)cc1. The Hall–Kier alpha value is -2.15. The number of nitrogens with zero attached hydrogens (tertiary/aromatic N) is 2. The third-order valence-electron chi connectivity index (χ3n) is 3.97. The molecule has 0 aliphatic heterocycles. The van der Waals surface area contributed by atoms with Gasteiger partial charge in [0.2, 0.25) is 5.91 Å².